The Morgan fingerprint density at radius 1 is 1.33 bits per heavy atom. The van der Waals surface area contributed by atoms with Gasteiger partial charge in [0.1, 0.15) is 6.17 Å². The largest absolute Gasteiger partial charge is 0.246 e. The number of halogens is 1. The van der Waals surface area contributed by atoms with Crippen molar-refractivity contribution in [2.75, 3.05) is 0 Å². The Kier molecular flexibility index (Phi) is 2.52. The molecule has 15 heavy (non-hydrogen) atoms. The number of rotatable bonds is 3. The third-order valence-corrected chi connectivity index (χ3v) is 3.86. The van der Waals surface area contributed by atoms with Crippen molar-refractivity contribution in [3.8, 4) is 0 Å². The second-order valence-corrected chi connectivity index (χ2v) is 5.51. The topological polar surface area (TPSA) is 46.2 Å². The molecule has 0 radical (unpaired) electrons. The minimum Gasteiger partial charge on any atom is -0.246 e. The molecule has 0 aromatic heterocycles. The molecule has 1 aliphatic rings. The molecule has 1 aromatic carbocycles. The van der Waals surface area contributed by atoms with E-state index < -0.39 is 22.2 Å². The smallest absolute Gasteiger partial charge is 0.240 e. The van der Waals surface area contributed by atoms with Crippen LogP contribution in [0.15, 0.2) is 29.2 Å². The van der Waals surface area contributed by atoms with Crippen molar-refractivity contribution < 1.29 is 12.8 Å². The highest BCUT2D eigenvalue weighted by Crippen LogP contribution is 2.26. The van der Waals surface area contributed by atoms with E-state index in [9.17, 15) is 12.8 Å². The zero-order chi connectivity index (χ0) is 11.1. The van der Waals surface area contributed by atoms with E-state index in [0.717, 1.165) is 5.56 Å². The van der Waals surface area contributed by atoms with E-state index in [-0.39, 0.29) is 11.3 Å². The van der Waals surface area contributed by atoms with Crippen molar-refractivity contribution in [3.63, 3.8) is 0 Å². The summed E-state index contributed by atoms with van der Waals surface area (Å²) in [6.45, 7) is 1.88. The summed E-state index contributed by atoms with van der Waals surface area (Å²) >= 11 is 0. The quantitative estimate of drug-likeness (QED) is 0.851. The molecular formula is C10H12FNO2S. The van der Waals surface area contributed by atoms with Crippen LogP contribution in [0.4, 0.5) is 4.39 Å². The summed E-state index contributed by atoms with van der Waals surface area (Å²) in [7, 11) is -3.54. The Labute approximate surface area is 88.4 Å². The molecule has 0 aliphatic heterocycles. The van der Waals surface area contributed by atoms with Crippen LogP contribution in [0.5, 0.6) is 0 Å². The molecular weight excluding hydrogens is 217 g/mol. The highest BCUT2D eigenvalue weighted by Gasteiger charge is 2.40. The first-order valence-corrected chi connectivity index (χ1v) is 6.20. The third-order valence-electron chi connectivity index (χ3n) is 2.35. The highest BCUT2D eigenvalue weighted by molar-refractivity contribution is 7.89. The Balaban J connectivity index is 2.18. The maximum atomic E-state index is 12.6. The zero-order valence-corrected chi connectivity index (χ0v) is 9.09. The van der Waals surface area contributed by atoms with Crippen molar-refractivity contribution >= 4 is 10.0 Å². The lowest BCUT2D eigenvalue weighted by Crippen LogP contribution is -2.27. The monoisotopic (exact) mass is 229 g/mol. The van der Waals surface area contributed by atoms with Gasteiger partial charge in [0.05, 0.1) is 10.9 Å². The van der Waals surface area contributed by atoms with Crippen LogP contribution in [-0.2, 0) is 10.0 Å². The van der Waals surface area contributed by atoms with Gasteiger partial charge in [-0.3, -0.25) is 0 Å². The van der Waals surface area contributed by atoms with Crippen LogP contribution in [0, 0.1) is 6.92 Å². The molecule has 1 aromatic rings. The average molecular weight is 229 g/mol. The number of benzene rings is 1. The highest BCUT2D eigenvalue weighted by atomic mass is 32.2. The summed E-state index contributed by atoms with van der Waals surface area (Å²) in [5.41, 5.74) is 0.990. The van der Waals surface area contributed by atoms with Crippen LogP contribution in [0.3, 0.4) is 0 Å². The van der Waals surface area contributed by atoms with E-state index in [0.29, 0.717) is 0 Å². The molecule has 1 N–H and O–H groups in total. The first-order valence-electron chi connectivity index (χ1n) is 4.72. The fraction of sp³-hybridized carbons (Fsp3) is 0.400. The van der Waals surface area contributed by atoms with Crippen LogP contribution in [0.25, 0.3) is 0 Å². The first-order chi connectivity index (χ1) is 6.99. The van der Waals surface area contributed by atoms with E-state index in [1.54, 1.807) is 12.1 Å². The summed E-state index contributed by atoms with van der Waals surface area (Å²) in [4.78, 5) is 0.187. The van der Waals surface area contributed by atoms with Crippen molar-refractivity contribution in [1.82, 2.24) is 4.72 Å². The number of alkyl halides is 1. The SMILES string of the molecule is Cc1ccc(S(=O)(=O)NC2CC2F)cc1. The van der Waals surface area contributed by atoms with Crippen molar-refractivity contribution in [3.05, 3.63) is 29.8 Å². The van der Waals surface area contributed by atoms with E-state index in [1.165, 1.54) is 12.1 Å². The minimum absolute atomic E-state index is 0.187. The van der Waals surface area contributed by atoms with Crippen LogP contribution < -0.4 is 4.72 Å². The molecule has 0 heterocycles. The Morgan fingerprint density at radius 2 is 1.87 bits per heavy atom. The van der Waals surface area contributed by atoms with Crippen molar-refractivity contribution in [2.24, 2.45) is 0 Å². The molecule has 2 atom stereocenters. The summed E-state index contributed by atoms with van der Waals surface area (Å²) < 4.78 is 38.2. The van der Waals surface area contributed by atoms with E-state index in [4.69, 9.17) is 0 Å². The fourth-order valence-electron chi connectivity index (χ4n) is 1.27. The van der Waals surface area contributed by atoms with Gasteiger partial charge in [0.15, 0.2) is 0 Å². The molecule has 1 saturated carbocycles. The lowest BCUT2D eigenvalue weighted by atomic mass is 10.2. The normalized spacial score (nSPS) is 25.2. The van der Waals surface area contributed by atoms with Crippen LogP contribution in [0.2, 0.25) is 0 Å². The van der Waals surface area contributed by atoms with Gasteiger partial charge in [-0.1, -0.05) is 17.7 Å². The van der Waals surface area contributed by atoms with E-state index >= 15 is 0 Å². The molecule has 0 bridgehead atoms. The van der Waals surface area contributed by atoms with Crippen molar-refractivity contribution in [1.29, 1.82) is 0 Å². The second kappa shape index (κ2) is 3.57. The first kappa shape index (κ1) is 10.6. The third kappa shape index (κ3) is 2.35. The zero-order valence-electron chi connectivity index (χ0n) is 8.27. The standard InChI is InChI=1S/C10H12FNO2S/c1-7-2-4-8(5-3-7)15(13,14)12-10-6-9(10)11/h2-5,9-10,12H,6H2,1H3. The molecule has 3 nitrogen and oxygen atoms in total. The van der Waals surface area contributed by atoms with E-state index in [1.807, 2.05) is 6.92 Å². The van der Waals surface area contributed by atoms with Crippen LogP contribution >= 0.6 is 0 Å². The summed E-state index contributed by atoms with van der Waals surface area (Å²) in [6.07, 6.45) is -0.740. The van der Waals surface area contributed by atoms with Crippen LogP contribution in [0.1, 0.15) is 12.0 Å². The summed E-state index contributed by atoms with van der Waals surface area (Å²) in [6, 6.07) is 5.94. The van der Waals surface area contributed by atoms with Gasteiger partial charge in [0.25, 0.3) is 0 Å². The van der Waals surface area contributed by atoms with Crippen molar-refractivity contribution in [2.45, 2.75) is 30.5 Å². The molecule has 5 heteroatoms. The Bertz CT molecular complexity index is 455. The molecule has 82 valence electrons. The van der Waals surface area contributed by atoms with Gasteiger partial charge in [-0.05, 0) is 25.5 Å². The van der Waals surface area contributed by atoms with Gasteiger partial charge in [-0.25, -0.2) is 17.5 Å². The molecule has 1 aliphatic carbocycles. The molecule has 0 amide bonds. The number of sulfonamides is 1. The maximum absolute atomic E-state index is 12.6. The van der Waals surface area contributed by atoms with Gasteiger partial charge < -0.3 is 0 Å². The second-order valence-electron chi connectivity index (χ2n) is 3.79. The molecule has 1 fully saturated rings. The summed E-state index contributed by atoms with van der Waals surface area (Å²) in [5.74, 6) is 0. The number of aryl methyl sites for hydroxylation is 1. The molecule has 0 spiro atoms. The Morgan fingerprint density at radius 3 is 2.33 bits per heavy atom. The fourth-order valence-corrected chi connectivity index (χ4v) is 2.54. The predicted molar refractivity (Wildman–Crippen MR) is 54.8 cm³/mol. The number of hydrogen-bond donors (Lipinski definition) is 1. The predicted octanol–water partition coefficient (Wildman–Crippen LogP) is 1.38. The maximum Gasteiger partial charge on any atom is 0.240 e. The lowest BCUT2D eigenvalue weighted by molar-refractivity contribution is 0.459. The van der Waals surface area contributed by atoms with Gasteiger partial charge in [0.2, 0.25) is 10.0 Å². The molecule has 2 unspecified atom stereocenters. The van der Waals surface area contributed by atoms with E-state index in [2.05, 4.69) is 4.72 Å². The summed E-state index contributed by atoms with van der Waals surface area (Å²) in [5, 5.41) is 0. The Hall–Kier alpha value is -0.940. The van der Waals surface area contributed by atoms with Gasteiger partial charge in [-0.15, -0.1) is 0 Å². The minimum atomic E-state index is -3.54. The lowest BCUT2D eigenvalue weighted by Gasteiger charge is -2.05. The number of nitrogens with one attached hydrogen (secondary N) is 1. The van der Waals surface area contributed by atoms with Gasteiger partial charge >= 0.3 is 0 Å². The van der Waals surface area contributed by atoms with Gasteiger partial charge in [-0.2, -0.15) is 0 Å². The molecule has 2 rings (SSSR count). The molecule has 0 saturated heterocycles. The van der Waals surface area contributed by atoms with Gasteiger partial charge in [0, 0.05) is 0 Å². The number of hydrogen-bond acceptors (Lipinski definition) is 2. The average Bonchev–Trinajstić information content (AvgIpc) is 2.81. The van der Waals surface area contributed by atoms with Crippen LogP contribution in [-0.4, -0.2) is 20.6 Å².